The Morgan fingerprint density at radius 2 is 1.44 bits per heavy atom. The number of hydrogen-bond acceptors (Lipinski definition) is 0. The van der Waals surface area contributed by atoms with Gasteiger partial charge in [-0.15, -0.1) is 0 Å². The van der Waals surface area contributed by atoms with Crippen molar-refractivity contribution in [3.8, 4) is 0 Å². The Labute approximate surface area is 116 Å². The van der Waals surface area contributed by atoms with E-state index in [0.717, 1.165) is 11.8 Å². The third-order valence-corrected chi connectivity index (χ3v) is 4.19. The minimum atomic E-state index is 0.907. The number of hydrogen-bond donors (Lipinski definition) is 0. The maximum Gasteiger partial charge on any atom is 0.0289 e. The van der Waals surface area contributed by atoms with Crippen molar-refractivity contribution in [2.45, 2.75) is 18.7 Å². The molecule has 0 saturated carbocycles. The minimum absolute atomic E-state index is 0.907. The van der Waals surface area contributed by atoms with Gasteiger partial charge in [0, 0.05) is 5.33 Å². The largest absolute Gasteiger partial charge is 0.0876 e. The number of halogens is 1. The van der Waals surface area contributed by atoms with Crippen LogP contribution in [0.2, 0.25) is 0 Å². The van der Waals surface area contributed by atoms with Crippen molar-refractivity contribution >= 4 is 37.5 Å². The average Bonchev–Trinajstić information content (AvgIpc) is 2.43. The Morgan fingerprint density at radius 3 is 2.06 bits per heavy atom. The molecule has 0 spiro atoms. The van der Waals surface area contributed by atoms with Crippen molar-refractivity contribution in [1.82, 2.24) is 0 Å². The van der Waals surface area contributed by atoms with Crippen LogP contribution in [0.1, 0.15) is 18.1 Å². The van der Waals surface area contributed by atoms with Crippen LogP contribution in [0.4, 0.5) is 0 Å². The van der Waals surface area contributed by atoms with Gasteiger partial charge in [-0.25, -0.2) is 0 Å². The molecule has 0 unspecified atom stereocenters. The summed E-state index contributed by atoms with van der Waals surface area (Å²) in [4.78, 5) is 0. The predicted molar refractivity (Wildman–Crippen MR) is 83.5 cm³/mol. The highest BCUT2D eigenvalue weighted by Crippen LogP contribution is 2.28. The summed E-state index contributed by atoms with van der Waals surface area (Å²) >= 11 is 3.58. The van der Waals surface area contributed by atoms with E-state index in [9.17, 15) is 0 Å². The molecule has 18 heavy (non-hydrogen) atoms. The summed E-state index contributed by atoms with van der Waals surface area (Å²) in [6, 6.07) is 17.8. The van der Waals surface area contributed by atoms with Crippen LogP contribution in [-0.2, 0) is 11.8 Å². The first-order chi connectivity index (χ1) is 8.83. The maximum atomic E-state index is 3.58. The van der Waals surface area contributed by atoms with E-state index in [2.05, 4.69) is 71.4 Å². The molecule has 0 aliphatic carbocycles. The number of benzene rings is 3. The first kappa shape index (κ1) is 11.7. The second-order valence-electron chi connectivity index (χ2n) is 4.62. The van der Waals surface area contributed by atoms with Crippen molar-refractivity contribution in [1.29, 1.82) is 0 Å². The van der Waals surface area contributed by atoms with E-state index in [1.165, 1.54) is 32.7 Å². The van der Waals surface area contributed by atoms with Crippen molar-refractivity contribution in [2.24, 2.45) is 0 Å². The van der Waals surface area contributed by atoms with Gasteiger partial charge in [0.1, 0.15) is 0 Å². The van der Waals surface area contributed by atoms with Crippen LogP contribution in [0.5, 0.6) is 0 Å². The van der Waals surface area contributed by atoms with E-state index in [1.807, 2.05) is 0 Å². The molecule has 0 N–H and O–H groups in total. The molecule has 0 bridgehead atoms. The Hall–Kier alpha value is -1.34. The lowest BCUT2D eigenvalue weighted by atomic mass is 9.97. The van der Waals surface area contributed by atoms with Gasteiger partial charge < -0.3 is 0 Å². The van der Waals surface area contributed by atoms with Crippen LogP contribution in [0.3, 0.4) is 0 Å². The molecular weight excluding hydrogens is 284 g/mol. The van der Waals surface area contributed by atoms with Crippen molar-refractivity contribution < 1.29 is 0 Å². The summed E-state index contributed by atoms with van der Waals surface area (Å²) in [5.41, 5.74) is 2.79. The number of rotatable bonds is 2. The summed E-state index contributed by atoms with van der Waals surface area (Å²) < 4.78 is 0. The smallest absolute Gasteiger partial charge is 0.0289 e. The van der Waals surface area contributed by atoms with E-state index >= 15 is 0 Å². The molecule has 3 rings (SSSR count). The molecule has 0 aromatic heterocycles. The third-order valence-electron chi connectivity index (χ3n) is 3.58. The van der Waals surface area contributed by atoms with Gasteiger partial charge in [0.25, 0.3) is 0 Å². The maximum absolute atomic E-state index is 3.58. The van der Waals surface area contributed by atoms with Gasteiger partial charge in [-0.2, -0.15) is 0 Å². The molecule has 0 saturated heterocycles. The molecule has 1 heteroatoms. The molecule has 0 nitrogen and oxygen atoms in total. The van der Waals surface area contributed by atoms with Gasteiger partial charge in [0.05, 0.1) is 0 Å². The Kier molecular flexibility index (Phi) is 3.09. The van der Waals surface area contributed by atoms with Crippen LogP contribution >= 0.6 is 15.9 Å². The van der Waals surface area contributed by atoms with E-state index in [1.54, 1.807) is 0 Å². The van der Waals surface area contributed by atoms with Gasteiger partial charge in [0.2, 0.25) is 0 Å². The molecule has 0 aliphatic rings. The summed E-state index contributed by atoms with van der Waals surface area (Å²) in [5, 5.41) is 6.33. The molecule has 0 atom stereocenters. The molecule has 0 radical (unpaired) electrons. The summed E-state index contributed by atoms with van der Waals surface area (Å²) in [7, 11) is 0. The fourth-order valence-corrected chi connectivity index (χ4v) is 3.10. The number of alkyl halides is 1. The highest BCUT2D eigenvalue weighted by atomic mass is 79.9. The SMILES string of the molecule is CCc1cccc2cc3cccc(CBr)c3cc12. The second kappa shape index (κ2) is 4.74. The van der Waals surface area contributed by atoms with Gasteiger partial charge in [-0.05, 0) is 51.2 Å². The van der Waals surface area contributed by atoms with E-state index in [4.69, 9.17) is 0 Å². The third kappa shape index (κ3) is 1.83. The molecule has 0 heterocycles. The zero-order chi connectivity index (χ0) is 12.5. The topological polar surface area (TPSA) is 0 Å². The van der Waals surface area contributed by atoms with E-state index in [0.29, 0.717) is 0 Å². The van der Waals surface area contributed by atoms with Gasteiger partial charge in [0.15, 0.2) is 0 Å². The van der Waals surface area contributed by atoms with E-state index in [-0.39, 0.29) is 0 Å². The normalized spacial score (nSPS) is 11.2. The Morgan fingerprint density at radius 1 is 0.833 bits per heavy atom. The van der Waals surface area contributed by atoms with Crippen LogP contribution in [0.15, 0.2) is 48.5 Å². The Bertz CT molecular complexity index is 654. The van der Waals surface area contributed by atoms with Crippen LogP contribution < -0.4 is 0 Å². The lowest BCUT2D eigenvalue weighted by Crippen LogP contribution is -1.86. The first-order valence-corrected chi connectivity index (χ1v) is 7.45. The van der Waals surface area contributed by atoms with Crippen molar-refractivity contribution in [3.63, 3.8) is 0 Å². The monoisotopic (exact) mass is 298 g/mol. The summed E-state index contributed by atoms with van der Waals surface area (Å²) in [6.07, 6.45) is 1.08. The van der Waals surface area contributed by atoms with Crippen LogP contribution in [-0.4, -0.2) is 0 Å². The molecule has 3 aromatic rings. The molecule has 90 valence electrons. The molecule has 0 amide bonds. The molecule has 0 fully saturated rings. The Balaban J connectivity index is 2.44. The zero-order valence-corrected chi connectivity index (χ0v) is 12.0. The van der Waals surface area contributed by atoms with Gasteiger partial charge in [-0.3, -0.25) is 0 Å². The molecular formula is C17H15Br. The van der Waals surface area contributed by atoms with E-state index < -0.39 is 0 Å². The van der Waals surface area contributed by atoms with Crippen molar-refractivity contribution in [3.05, 3.63) is 59.7 Å². The fourth-order valence-electron chi connectivity index (χ4n) is 2.61. The number of fused-ring (bicyclic) bond motifs is 2. The van der Waals surface area contributed by atoms with Gasteiger partial charge in [-0.1, -0.05) is 59.3 Å². The highest BCUT2D eigenvalue weighted by molar-refractivity contribution is 9.08. The van der Waals surface area contributed by atoms with Crippen LogP contribution in [0.25, 0.3) is 21.5 Å². The fraction of sp³-hybridized carbons (Fsp3) is 0.176. The van der Waals surface area contributed by atoms with Gasteiger partial charge >= 0.3 is 0 Å². The highest BCUT2D eigenvalue weighted by Gasteiger charge is 2.04. The summed E-state index contributed by atoms with van der Waals surface area (Å²) in [5.74, 6) is 0. The number of aryl methyl sites for hydroxylation is 1. The summed E-state index contributed by atoms with van der Waals surface area (Å²) in [6.45, 7) is 2.22. The second-order valence-corrected chi connectivity index (χ2v) is 5.18. The molecule has 3 aromatic carbocycles. The zero-order valence-electron chi connectivity index (χ0n) is 10.4. The molecule has 0 aliphatic heterocycles. The first-order valence-electron chi connectivity index (χ1n) is 6.32. The van der Waals surface area contributed by atoms with Crippen LogP contribution in [0, 0.1) is 0 Å². The van der Waals surface area contributed by atoms with Crippen molar-refractivity contribution in [2.75, 3.05) is 0 Å². The average molecular weight is 299 g/mol. The lowest BCUT2D eigenvalue weighted by molar-refractivity contribution is 1.16. The minimum Gasteiger partial charge on any atom is -0.0876 e. The lowest BCUT2D eigenvalue weighted by Gasteiger charge is -2.09. The predicted octanol–water partition coefficient (Wildman–Crippen LogP) is 5.45. The standard InChI is InChI=1S/C17H15Br/c1-2-12-5-3-6-13-9-14-7-4-8-15(11-18)17(14)10-16(12)13/h3-10H,2,11H2,1H3. The quantitative estimate of drug-likeness (QED) is 0.436.